The minimum Gasteiger partial charge on any atom is -0.353 e. The third kappa shape index (κ3) is 4.17. The fraction of sp³-hybridized carbons (Fsp3) is 0.409. The van der Waals surface area contributed by atoms with Crippen LogP contribution in [0.3, 0.4) is 0 Å². The molecule has 1 aliphatic heterocycles. The van der Waals surface area contributed by atoms with Gasteiger partial charge in [-0.15, -0.1) is 0 Å². The fourth-order valence-corrected chi connectivity index (χ4v) is 3.49. The van der Waals surface area contributed by atoms with Gasteiger partial charge >= 0.3 is 0 Å². The van der Waals surface area contributed by atoms with Crippen LogP contribution in [0.25, 0.3) is 11.5 Å². The Bertz CT molecular complexity index is 1040. The normalized spacial score (nSPS) is 14.4. The number of rotatable bonds is 4. The summed E-state index contributed by atoms with van der Waals surface area (Å²) in [4.78, 5) is 30.5. The van der Waals surface area contributed by atoms with Gasteiger partial charge in [0.1, 0.15) is 11.6 Å². The molecule has 1 amide bonds. The Morgan fingerprint density at radius 2 is 1.70 bits per heavy atom. The van der Waals surface area contributed by atoms with Crippen LogP contribution >= 0.6 is 0 Å². The Labute approximate surface area is 175 Å². The Morgan fingerprint density at radius 3 is 2.30 bits per heavy atom. The minimum absolute atomic E-state index is 0.0321. The monoisotopic (exact) mass is 406 g/mol. The van der Waals surface area contributed by atoms with Crippen molar-refractivity contribution in [2.24, 2.45) is 0 Å². The van der Waals surface area contributed by atoms with Crippen LogP contribution in [0, 0.1) is 13.8 Å². The second-order valence-corrected chi connectivity index (χ2v) is 7.88. The molecule has 1 aliphatic rings. The molecule has 0 N–H and O–H groups in total. The van der Waals surface area contributed by atoms with E-state index in [9.17, 15) is 4.79 Å². The van der Waals surface area contributed by atoms with Gasteiger partial charge in [0.05, 0.1) is 0 Å². The van der Waals surface area contributed by atoms with Crippen molar-refractivity contribution in [3.63, 3.8) is 0 Å². The number of amides is 1. The molecular weight excluding hydrogens is 380 g/mol. The molecule has 3 heterocycles. The van der Waals surface area contributed by atoms with Gasteiger partial charge in [-0.3, -0.25) is 4.79 Å². The van der Waals surface area contributed by atoms with Gasteiger partial charge in [0.25, 0.3) is 11.8 Å². The van der Waals surface area contributed by atoms with E-state index < -0.39 is 0 Å². The van der Waals surface area contributed by atoms with E-state index in [1.807, 2.05) is 42.2 Å². The number of carbonyl (C=O) groups is 1. The van der Waals surface area contributed by atoms with Gasteiger partial charge in [0.2, 0.25) is 0 Å². The van der Waals surface area contributed by atoms with Crippen LogP contribution in [0.4, 0.5) is 5.82 Å². The quantitative estimate of drug-likeness (QED) is 0.657. The van der Waals surface area contributed by atoms with Crippen molar-refractivity contribution in [1.82, 2.24) is 25.0 Å². The summed E-state index contributed by atoms with van der Waals surface area (Å²) in [6.07, 6.45) is 0. The molecule has 0 atom stereocenters. The molecule has 1 saturated heterocycles. The first-order valence-electron chi connectivity index (χ1n) is 10.2. The van der Waals surface area contributed by atoms with Crippen LogP contribution in [0.1, 0.15) is 47.5 Å². The van der Waals surface area contributed by atoms with Gasteiger partial charge in [-0.1, -0.05) is 19.0 Å². The molecule has 0 spiro atoms. The van der Waals surface area contributed by atoms with E-state index in [0.717, 1.165) is 36.0 Å². The van der Waals surface area contributed by atoms with Crippen molar-refractivity contribution in [3.05, 3.63) is 53.2 Å². The van der Waals surface area contributed by atoms with Gasteiger partial charge < -0.3 is 14.3 Å². The molecule has 30 heavy (non-hydrogen) atoms. The maximum atomic E-state index is 12.9. The summed E-state index contributed by atoms with van der Waals surface area (Å²) < 4.78 is 5.18. The lowest BCUT2D eigenvalue weighted by atomic mass is 10.1. The summed E-state index contributed by atoms with van der Waals surface area (Å²) in [6, 6.07) is 9.32. The number of aromatic nitrogens is 4. The van der Waals surface area contributed by atoms with Crippen molar-refractivity contribution in [3.8, 4) is 11.5 Å². The Hall–Kier alpha value is -3.29. The van der Waals surface area contributed by atoms with Crippen LogP contribution in [-0.2, 0) is 0 Å². The van der Waals surface area contributed by atoms with Crippen molar-refractivity contribution in [2.45, 2.75) is 33.6 Å². The van der Waals surface area contributed by atoms with E-state index in [1.54, 1.807) is 6.92 Å². The standard InChI is InChI=1S/C22H26N6O2/c1-14(2)20-23-15(3)13-19(25-20)27-9-11-28(12-10-27)22(29)18-7-5-17(6-8-18)21-24-16(4)26-30-21/h5-8,13-14H,9-12H2,1-4H3. The van der Waals surface area contributed by atoms with Crippen LogP contribution in [0.5, 0.6) is 0 Å². The summed E-state index contributed by atoms with van der Waals surface area (Å²) in [6.45, 7) is 10.8. The van der Waals surface area contributed by atoms with Crippen LogP contribution < -0.4 is 4.90 Å². The predicted molar refractivity (Wildman–Crippen MR) is 113 cm³/mol. The summed E-state index contributed by atoms with van der Waals surface area (Å²) in [7, 11) is 0. The molecule has 0 bridgehead atoms. The maximum absolute atomic E-state index is 12.9. The first-order valence-corrected chi connectivity index (χ1v) is 10.2. The number of benzene rings is 1. The van der Waals surface area contributed by atoms with E-state index in [2.05, 4.69) is 33.9 Å². The summed E-state index contributed by atoms with van der Waals surface area (Å²) in [5, 5.41) is 3.80. The topological polar surface area (TPSA) is 88.2 Å². The lowest BCUT2D eigenvalue weighted by Gasteiger charge is -2.35. The smallest absolute Gasteiger partial charge is 0.257 e. The van der Waals surface area contributed by atoms with Gasteiger partial charge in [0, 0.05) is 55.0 Å². The highest BCUT2D eigenvalue weighted by molar-refractivity contribution is 5.94. The summed E-state index contributed by atoms with van der Waals surface area (Å²) >= 11 is 0. The Balaban J connectivity index is 1.41. The van der Waals surface area contributed by atoms with Gasteiger partial charge in [-0.05, 0) is 38.1 Å². The molecule has 8 nitrogen and oxygen atoms in total. The highest BCUT2D eigenvalue weighted by atomic mass is 16.5. The number of hydrogen-bond acceptors (Lipinski definition) is 7. The van der Waals surface area contributed by atoms with E-state index in [-0.39, 0.29) is 11.8 Å². The molecule has 3 aromatic rings. The molecule has 8 heteroatoms. The SMILES string of the molecule is Cc1cc(N2CCN(C(=O)c3ccc(-c4nc(C)no4)cc3)CC2)nc(C(C)C)n1. The Kier molecular flexibility index (Phi) is 5.48. The second-order valence-electron chi connectivity index (χ2n) is 7.88. The van der Waals surface area contributed by atoms with Crippen molar-refractivity contribution < 1.29 is 9.32 Å². The number of nitrogens with zero attached hydrogens (tertiary/aromatic N) is 6. The van der Waals surface area contributed by atoms with E-state index in [0.29, 0.717) is 30.4 Å². The van der Waals surface area contributed by atoms with E-state index in [1.165, 1.54) is 0 Å². The number of carbonyl (C=O) groups excluding carboxylic acids is 1. The van der Waals surface area contributed by atoms with Crippen molar-refractivity contribution in [1.29, 1.82) is 0 Å². The van der Waals surface area contributed by atoms with Crippen LogP contribution in [0.15, 0.2) is 34.9 Å². The molecule has 0 aliphatic carbocycles. The average molecular weight is 406 g/mol. The molecule has 0 unspecified atom stereocenters. The average Bonchev–Trinajstić information content (AvgIpc) is 3.19. The first-order chi connectivity index (χ1) is 14.4. The zero-order valence-corrected chi connectivity index (χ0v) is 17.8. The summed E-state index contributed by atoms with van der Waals surface area (Å²) in [5.74, 6) is 3.16. The van der Waals surface area contributed by atoms with E-state index >= 15 is 0 Å². The predicted octanol–water partition coefficient (Wildman–Crippen LogP) is 3.23. The molecule has 156 valence electrons. The minimum atomic E-state index is 0.0321. The molecular formula is C22H26N6O2. The van der Waals surface area contributed by atoms with Crippen molar-refractivity contribution in [2.75, 3.05) is 31.1 Å². The number of piperazine rings is 1. The van der Waals surface area contributed by atoms with E-state index in [4.69, 9.17) is 9.51 Å². The van der Waals surface area contributed by atoms with Crippen LogP contribution in [0.2, 0.25) is 0 Å². The third-order valence-corrected chi connectivity index (χ3v) is 5.17. The number of anilines is 1. The molecule has 4 rings (SSSR count). The van der Waals surface area contributed by atoms with Gasteiger partial charge in [-0.2, -0.15) is 4.98 Å². The Morgan fingerprint density at radius 1 is 1.00 bits per heavy atom. The zero-order chi connectivity index (χ0) is 21.3. The zero-order valence-electron chi connectivity index (χ0n) is 17.8. The fourth-order valence-electron chi connectivity index (χ4n) is 3.49. The second kappa shape index (κ2) is 8.22. The highest BCUT2D eigenvalue weighted by Gasteiger charge is 2.24. The molecule has 1 fully saturated rings. The molecule has 2 aromatic heterocycles. The molecule has 1 aromatic carbocycles. The van der Waals surface area contributed by atoms with Crippen LogP contribution in [-0.4, -0.2) is 57.1 Å². The third-order valence-electron chi connectivity index (χ3n) is 5.17. The summed E-state index contributed by atoms with van der Waals surface area (Å²) in [5.41, 5.74) is 2.43. The molecule has 0 saturated carbocycles. The number of aryl methyl sites for hydroxylation is 2. The molecule has 0 radical (unpaired) electrons. The van der Waals surface area contributed by atoms with Gasteiger partial charge in [0.15, 0.2) is 5.82 Å². The maximum Gasteiger partial charge on any atom is 0.257 e. The lowest BCUT2D eigenvalue weighted by Crippen LogP contribution is -2.49. The first kappa shape index (κ1) is 20.0. The number of hydrogen-bond donors (Lipinski definition) is 0. The van der Waals surface area contributed by atoms with Gasteiger partial charge in [-0.25, -0.2) is 9.97 Å². The lowest BCUT2D eigenvalue weighted by molar-refractivity contribution is 0.0746. The highest BCUT2D eigenvalue weighted by Crippen LogP contribution is 2.21. The van der Waals surface area contributed by atoms with Crippen molar-refractivity contribution >= 4 is 11.7 Å². The largest absolute Gasteiger partial charge is 0.353 e.